The molecular weight excluding hydrogens is 424 g/mol. The van der Waals surface area contributed by atoms with Gasteiger partial charge in [0.15, 0.2) is 5.78 Å². The number of benzene rings is 3. The lowest BCUT2D eigenvalue weighted by atomic mass is 9.64. The predicted molar refractivity (Wildman–Crippen MR) is 130 cm³/mol. The number of pyridine rings is 1. The van der Waals surface area contributed by atoms with Crippen molar-refractivity contribution in [1.82, 2.24) is 4.98 Å². The molecule has 5 heteroatoms. The number of para-hydroxylation sites is 1. The molecule has 0 radical (unpaired) electrons. The standard InChI is InChI=1S/C29H22N2O3/c1-15-9-4-7-13-19(15)31-25(32)22-23(26(31)33)29(3)21-18-12-8-14-30-24(18)17-11-6-5-10-16(17)20(21)28(22,2)27(29)34/h4-14,22-23H,1-3H3/t22?,23?,28-,29+/m0/s1. The first-order valence-corrected chi connectivity index (χ1v) is 11.6. The summed E-state index contributed by atoms with van der Waals surface area (Å²) >= 11 is 0. The number of aromatic nitrogens is 1. The Labute approximate surface area is 196 Å². The molecule has 0 N–H and O–H groups in total. The van der Waals surface area contributed by atoms with Crippen molar-refractivity contribution in [3.63, 3.8) is 0 Å². The highest BCUT2D eigenvalue weighted by Crippen LogP contribution is 2.68. The van der Waals surface area contributed by atoms with E-state index in [2.05, 4.69) is 4.98 Å². The fraction of sp³-hybridized carbons (Fsp3) is 0.241. The van der Waals surface area contributed by atoms with Crippen LogP contribution in [-0.4, -0.2) is 22.6 Å². The zero-order valence-electron chi connectivity index (χ0n) is 19.1. The van der Waals surface area contributed by atoms with Crippen LogP contribution in [0.5, 0.6) is 0 Å². The number of hydrogen-bond acceptors (Lipinski definition) is 4. The third-order valence-corrected chi connectivity index (χ3v) is 8.67. The van der Waals surface area contributed by atoms with Crippen molar-refractivity contribution in [1.29, 1.82) is 0 Å². The van der Waals surface area contributed by atoms with Gasteiger partial charge in [-0.05, 0) is 55.0 Å². The van der Waals surface area contributed by atoms with Crippen LogP contribution in [0.25, 0.3) is 21.7 Å². The number of anilines is 1. The smallest absolute Gasteiger partial charge is 0.239 e. The van der Waals surface area contributed by atoms with E-state index in [1.807, 2.05) is 81.4 Å². The Morgan fingerprint density at radius 3 is 1.97 bits per heavy atom. The van der Waals surface area contributed by atoms with Crippen molar-refractivity contribution in [2.45, 2.75) is 31.6 Å². The van der Waals surface area contributed by atoms with Gasteiger partial charge < -0.3 is 0 Å². The molecule has 3 aromatic carbocycles. The summed E-state index contributed by atoms with van der Waals surface area (Å²) in [6.07, 6.45) is 1.76. The summed E-state index contributed by atoms with van der Waals surface area (Å²) in [4.78, 5) is 48.2. The predicted octanol–water partition coefficient (Wildman–Crippen LogP) is 4.61. The Balaban J connectivity index is 1.59. The third-order valence-electron chi connectivity index (χ3n) is 8.67. The van der Waals surface area contributed by atoms with E-state index in [0.29, 0.717) is 5.69 Å². The van der Waals surface area contributed by atoms with Gasteiger partial charge in [0.1, 0.15) is 0 Å². The summed E-state index contributed by atoms with van der Waals surface area (Å²) in [5.74, 6) is -2.03. The van der Waals surface area contributed by atoms with E-state index in [1.54, 1.807) is 6.20 Å². The van der Waals surface area contributed by atoms with Gasteiger partial charge >= 0.3 is 0 Å². The zero-order chi connectivity index (χ0) is 23.6. The topological polar surface area (TPSA) is 67.3 Å². The maximum absolute atomic E-state index is 14.2. The Kier molecular flexibility index (Phi) is 3.44. The van der Waals surface area contributed by atoms with E-state index in [1.165, 1.54) is 4.90 Å². The normalized spacial score (nSPS) is 29.4. The second-order valence-electron chi connectivity index (χ2n) is 10.2. The Hall–Kier alpha value is -3.86. The number of hydrogen-bond donors (Lipinski definition) is 0. The van der Waals surface area contributed by atoms with Crippen molar-refractivity contribution in [2.75, 3.05) is 4.90 Å². The highest BCUT2D eigenvalue weighted by molar-refractivity contribution is 6.32. The summed E-state index contributed by atoms with van der Waals surface area (Å²) < 4.78 is 0. The lowest BCUT2D eigenvalue weighted by Crippen LogP contribution is -2.42. The van der Waals surface area contributed by atoms with E-state index in [9.17, 15) is 14.4 Å². The van der Waals surface area contributed by atoms with Crippen LogP contribution in [0.3, 0.4) is 0 Å². The van der Waals surface area contributed by atoms with Gasteiger partial charge in [0.05, 0.1) is 33.9 Å². The van der Waals surface area contributed by atoms with Gasteiger partial charge in [0.2, 0.25) is 11.8 Å². The van der Waals surface area contributed by atoms with Gasteiger partial charge in [0, 0.05) is 17.0 Å². The van der Waals surface area contributed by atoms with Crippen LogP contribution in [0.2, 0.25) is 0 Å². The van der Waals surface area contributed by atoms with Crippen LogP contribution < -0.4 is 4.90 Å². The Bertz CT molecular complexity index is 1540. The maximum Gasteiger partial charge on any atom is 0.239 e. The number of nitrogens with zero attached hydrogens (tertiary/aromatic N) is 2. The molecule has 3 aliphatic rings. The molecule has 2 fully saturated rings. The fourth-order valence-corrected chi connectivity index (χ4v) is 7.32. The lowest BCUT2D eigenvalue weighted by molar-refractivity contribution is -0.131. The number of ketones is 1. The first-order valence-electron chi connectivity index (χ1n) is 11.6. The second kappa shape index (κ2) is 5.98. The minimum Gasteiger partial charge on any atom is -0.298 e. The molecule has 1 aliphatic heterocycles. The minimum absolute atomic E-state index is 0.0300. The molecule has 4 aromatic rings. The van der Waals surface area contributed by atoms with Crippen LogP contribution in [0.1, 0.15) is 30.5 Å². The molecule has 2 heterocycles. The molecule has 166 valence electrons. The SMILES string of the molecule is Cc1ccccc1N1C(=O)C2C(C1=O)[C@]1(C)C(=O)[C@@]2(C)c2c1c1cccnc1c1ccccc21. The van der Waals surface area contributed by atoms with Gasteiger partial charge in [0.25, 0.3) is 0 Å². The van der Waals surface area contributed by atoms with E-state index in [4.69, 9.17) is 0 Å². The number of aryl methyl sites for hydroxylation is 1. The van der Waals surface area contributed by atoms with E-state index in [0.717, 1.165) is 38.4 Å². The van der Waals surface area contributed by atoms with Crippen molar-refractivity contribution in [3.8, 4) is 0 Å². The molecular formula is C29H22N2O3. The summed E-state index contributed by atoms with van der Waals surface area (Å²) in [5.41, 5.74) is 1.88. The Morgan fingerprint density at radius 1 is 0.735 bits per heavy atom. The summed E-state index contributed by atoms with van der Waals surface area (Å²) in [6.45, 7) is 5.65. The number of imide groups is 1. The summed E-state index contributed by atoms with van der Waals surface area (Å²) in [7, 11) is 0. The molecule has 2 amide bonds. The van der Waals surface area contributed by atoms with Crippen molar-refractivity contribution in [2.24, 2.45) is 11.8 Å². The van der Waals surface area contributed by atoms with Crippen LogP contribution in [0, 0.1) is 18.8 Å². The number of carbonyl (C=O) groups is 3. The van der Waals surface area contributed by atoms with Gasteiger partial charge in [-0.25, -0.2) is 4.90 Å². The molecule has 1 saturated heterocycles. The van der Waals surface area contributed by atoms with Gasteiger partial charge in [-0.2, -0.15) is 0 Å². The molecule has 1 saturated carbocycles. The largest absolute Gasteiger partial charge is 0.298 e. The summed E-state index contributed by atoms with van der Waals surface area (Å²) in [5, 5.41) is 2.80. The van der Waals surface area contributed by atoms with E-state index < -0.39 is 22.7 Å². The van der Waals surface area contributed by atoms with Crippen molar-refractivity contribution >= 4 is 45.0 Å². The third kappa shape index (κ3) is 1.88. The molecule has 2 bridgehead atoms. The molecule has 2 aliphatic carbocycles. The molecule has 7 rings (SSSR count). The second-order valence-corrected chi connectivity index (χ2v) is 10.2. The highest BCUT2D eigenvalue weighted by atomic mass is 16.2. The number of carbonyl (C=O) groups excluding carboxylic acids is 3. The molecule has 34 heavy (non-hydrogen) atoms. The van der Waals surface area contributed by atoms with Crippen molar-refractivity contribution in [3.05, 3.63) is 83.6 Å². The Morgan fingerprint density at radius 2 is 1.29 bits per heavy atom. The maximum atomic E-state index is 14.2. The zero-order valence-corrected chi connectivity index (χ0v) is 19.1. The summed E-state index contributed by atoms with van der Waals surface area (Å²) in [6, 6.07) is 19.3. The van der Waals surface area contributed by atoms with E-state index in [-0.39, 0.29) is 17.6 Å². The van der Waals surface area contributed by atoms with Gasteiger partial charge in [-0.15, -0.1) is 0 Å². The van der Waals surface area contributed by atoms with Crippen LogP contribution in [0.15, 0.2) is 66.9 Å². The molecule has 2 unspecified atom stereocenters. The molecule has 4 atom stereocenters. The number of rotatable bonds is 1. The lowest BCUT2D eigenvalue weighted by Gasteiger charge is -2.34. The first-order chi connectivity index (χ1) is 16.3. The van der Waals surface area contributed by atoms with Gasteiger partial charge in [-0.3, -0.25) is 19.4 Å². The van der Waals surface area contributed by atoms with Crippen LogP contribution >= 0.6 is 0 Å². The minimum atomic E-state index is -1.09. The quantitative estimate of drug-likeness (QED) is 0.316. The molecule has 1 aromatic heterocycles. The number of Topliss-reactive ketones (excluding diaryl/α,β-unsaturated/α-hetero) is 1. The number of amides is 2. The van der Waals surface area contributed by atoms with Crippen LogP contribution in [0.4, 0.5) is 5.69 Å². The van der Waals surface area contributed by atoms with E-state index >= 15 is 0 Å². The highest BCUT2D eigenvalue weighted by Gasteiger charge is 2.78. The van der Waals surface area contributed by atoms with Crippen LogP contribution in [-0.2, 0) is 25.2 Å². The molecule has 0 spiro atoms. The first kappa shape index (κ1) is 19.6. The molecule has 5 nitrogen and oxygen atoms in total. The average molecular weight is 447 g/mol. The van der Waals surface area contributed by atoms with Crippen molar-refractivity contribution < 1.29 is 14.4 Å². The fourth-order valence-electron chi connectivity index (χ4n) is 7.32. The monoisotopic (exact) mass is 446 g/mol. The number of fused-ring (bicyclic) bond motifs is 13. The van der Waals surface area contributed by atoms with Gasteiger partial charge in [-0.1, -0.05) is 48.5 Å². The average Bonchev–Trinajstić information content (AvgIpc) is 3.29.